The minimum absolute atomic E-state index is 0.0659. The Balaban J connectivity index is 1.47. The Bertz CT molecular complexity index is 1100. The average molecular weight is 459 g/mol. The van der Waals surface area contributed by atoms with Crippen LogP contribution in [0, 0.1) is 0 Å². The van der Waals surface area contributed by atoms with Gasteiger partial charge in [0.05, 0.1) is 6.54 Å². The largest absolute Gasteiger partial charge is 0.376 e. The molecular formula is C27H30N4O3. The van der Waals surface area contributed by atoms with Crippen molar-refractivity contribution in [2.24, 2.45) is 0 Å². The molecule has 0 saturated heterocycles. The first kappa shape index (κ1) is 24.5. The van der Waals surface area contributed by atoms with E-state index in [1.807, 2.05) is 30.3 Å². The summed E-state index contributed by atoms with van der Waals surface area (Å²) in [6, 6.07) is 23.2. The van der Waals surface area contributed by atoms with Gasteiger partial charge >= 0.3 is 0 Å². The van der Waals surface area contributed by atoms with Crippen LogP contribution in [0.25, 0.3) is 0 Å². The summed E-state index contributed by atoms with van der Waals surface area (Å²) in [4.78, 5) is 38.6. The molecule has 3 rings (SSSR count). The summed E-state index contributed by atoms with van der Waals surface area (Å²) in [5.74, 6) is -0.452. The number of rotatable bonds is 10. The number of hydrogen-bond donors (Lipinski definition) is 3. The van der Waals surface area contributed by atoms with Gasteiger partial charge in [-0.05, 0) is 67.1 Å². The number of anilines is 3. The lowest BCUT2D eigenvalue weighted by atomic mass is 10.1. The Morgan fingerprint density at radius 3 is 2.06 bits per heavy atom. The molecule has 176 valence electrons. The summed E-state index contributed by atoms with van der Waals surface area (Å²) in [7, 11) is 1.74. The van der Waals surface area contributed by atoms with Crippen LogP contribution in [0.4, 0.5) is 17.1 Å². The van der Waals surface area contributed by atoms with E-state index >= 15 is 0 Å². The Kier molecular flexibility index (Phi) is 8.80. The molecule has 0 aliphatic rings. The number of benzene rings is 3. The second kappa shape index (κ2) is 12.2. The maximum Gasteiger partial charge on any atom is 0.258 e. The first-order valence-electron chi connectivity index (χ1n) is 11.3. The fraction of sp³-hybridized carbons (Fsp3) is 0.222. The molecule has 0 radical (unpaired) electrons. The van der Waals surface area contributed by atoms with E-state index in [0.717, 1.165) is 24.2 Å². The van der Waals surface area contributed by atoms with E-state index in [1.54, 1.807) is 60.5 Å². The molecule has 7 heteroatoms. The molecule has 3 amide bonds. The van der Waals surface area contributed by atoms with Gasteiger partial charge in [-0.2, -0.15) is 0 Å². The lowest BCUT2D eigenvalue weighted by molar-refractivity contribution is -0.114. The topological polar surface area (TPSA) is 90.5 Å². The van der Waals surface area contributed by atoms with Crippen LogP contribution < -0.4 is 20.9 Å². The van der Waals surface area contributed by atoms with Gasteiger partial charge in [0, 0.05) is 41.8 Å². The van der Waals surface area contributed by atoms with Crippen LogP contribution in [-0.4, -0.2) is 37.9 Å². The fourth-order valence-electron chi connectivity index (χ4n) is 3.27. The first-order valence-corrected chi connectivity index (χ1v) is 11.3. The van der Waals surface area contributed by atoms with Gasteiger partial charge in [0.25, 0.3) is 11.8 Å². The molecule has 0 spiro atoms. The summed E-state index contributed by atoms with van der Waals surface area (Å²) >= 11 is 0. The molecule has 0 atom stereocenters. The Morgan fingerprint density at radius 1 is 0.794 bits per heavy atom. The van der Waals surface area contributed by atoms with Crippen molar-refractivity contribution < 1.29 is 14.4 Å². The van der Waals surface area contributed by atoms with E-state index in [0.29, 0.717) is 23.4 Å². The van der Waals surface area contributed by atoms with Crippen LogP contribution in [0.5, 0.6) is 0 Å². The minimum atomic E-state index is -0.218. The predicted molar refractivity (Wildman–Crippen MR) is 136 cm³/mol. The number of carbonyl (C=O) groups is 3. The highest BCUT2D eigenvalue weighted by atomic mass is 16.2. The molecular weight excluding hydrogens is 428 g/mol. The number of carbonyl (C=O) groups excluding carboxylic acids is 3. The number of unbranched alkanes of at least 4 members (excludes halogenated alkanes) is 1. The third-order valence-corrected chi connectivity index (χ3v) is 5.28. The zero-order valence-corrected chi connectivity index (χ0v) is 19.5. The van der Waals surface area contributed by atoms with Gasteiger partial charge in [-0.3, -0.25) is 14.4 Å². The molecule has 0 saturated carbocycles. The predicted octanol–water partition coefficient (Wildman–Crippen LogP) is 4.54. The third kappa shape index (κ3) is 6.93. The van der Waals surface area contributed by atoms with E-state index < -0.39 is 0 Å². The molecule has 0 aromatic heterocycles. The normalized spacial score (nSPS) is 10.3. The van der Waals surface area contributed by atoms with Crippen molar-refractivity contribution in [3.8, 4) is 0 Å². The fourth-order valence-corrected chi connectivity index (χ4v) is 3.27. The van der Waals surface area contributed by atoms with Gasteiger partial charge in [0.1, 0.15) is 0 Å². The standard InChI is InChI=1S/C27H30N4O3/c1-3-4-18-28-26(33)20-10-16-23(17-11-20)30-25(32)19-29-22-14-12-21(13-15-22)27(34)31(2)24-8-6-5-7-9-24/h5-17,29H,3-4,18-19H2,1-2H3,(H,28,33)(H,30,32). The Hall–Kier alpha value is -4.13. The number of para-hydroxylation sites is 1. The highest BCUT2D eigenvalue weighted by molar-refractivity contribution is 6.06. The van der Waals surface area contributed by atoms with Gasteiger partial charge in [0.15, 0.2) is 0 Å². The van der Waals surface area contributed by atoms with Crippen LogP contribution in [0.1, 0.15) is 40.5 Å². The quantitative estimate of drug-likeness (QED) is 0.389. The zero-order valence-electron chi connectivity index (χ0n) is 19.5. The molecule has 0 heterocycles. The SMILES string of the molecule is CCCCNC(=O)c1ccc(NC(=O)CNc2ccc(C(=O)N(C)c3ccccc3)cc2)cc1. The summed E-state index contributed by atoms with van der Waals surface area (Å²) in [5, 5.41) is 8.71. The summed E-state index contributed by atoms with van der Waals surface area (Å²) in [5.41, 5.74) is 3.27. The van der Waals surface area contributed by atoms with Gasteiger partial charge in [-0.1, -0.05) is 31.5 Å². The van der Waals surface area contributed by atoms with Crippen molar-refractivity contribution in [2.75, 3.05) is 35.7 Å². The number of nitrogens with one attached hydrogen (secondary N) is 3. The molecule has 0 unspecified atom stereocenters. The van der Waals surface area contributed by atoms with Crippen molar-refractivity contribution in [1.29, 1.82) is 0 Å². The molecule has 0 aliphatic heterocycles. The first-order chi connectivity index (χ1) is 16.5. The Labute approximate surface area is 200 Å². The van der Waals surface area contributed by atoms with E-state index in [9.17, 15) is 14.4 Å². The van der Waals surface area contributed by atoms with Crippen LogP contribution in [0.2, 0.25) is 0 Å². The van der Waals surface area contributed by atoms with Gasteiger partial charge in [-0.25, -0.2) is 0 Å². The maximum atomic E-state index is 12.7. The molecule has 3 aromatic carbocycles. The summed E-state index contributed by atoms with van der Waals surface area (Å²) in [6.45, 7) is 2.79. The van der Waals surface area contributed by atoms with Crippen molar-refractivity contribution in [1.82, 2.24) is 5.32 Å². The van der Waals surface area contributed by atoms with Gasteiger partial charge in [0.2, 0.25) is 5.91 Å². The van der Waals surface area contributed by atoms with Crippen LogP contribution in [0.3, 0.4) is 0 Å². The second-order valence-corrected chi connectivity index (χ2v) is 7.87. The molecule has 3 aromatic rings. The van der Waals surface area contributed by atoms with E-state index in [1.165, 1.54) is 0 Å². The lowest BCUT2D eigenvalue weighted by Gasteiger charge is -2.17. The van der Waals surface area contributed by atoms with Gasteiger partial charge < -0.3 is 20.9 Å². The number of nitrogens with zero attached hydrogens (tertiary/aromatic N) is 1. The van der Waals surface area contributed by atoms with Crippen molar-refractivity contribution >= 4 is 34.8 Å². The van der Waals surface area contributed by atoms with Crippen LogP contribution in [0.15, 0.2) is 78.9 Å². The molecule has 34 heavy (non-hydrogen) atoms. The van der Waals surface area contributed by atoms with Crippen molar-refractivity contribution in [3.05, 3.63) is 90.0 Å². The lowest BCUT2D eigenvalue weighted by Crippen LogP contribution is -2.26. The number of amides is 3. The average Bonchev–Trinajstić information content (AvgIpc) is 2.88. The van der Waals surface area contributed by atoms with Crippen LogP contribution in [-0.2, 0) is 4.79 Å². The number of hydrogen-bond acceptors (Lipinski definition) is 4. The third-order valence-electron chi connectivity index (χ3n) is 5.28. The van der Waals surface area contributed by atoms with Crippen LogP contribution >= 0.6 is 0 Å². The smallest absolute Gasteiger partial charge is 0.258 e. The minimum Gasteiger partial charge on any atom is -0.376 e. The van der Waals surface area contributed by atoms with E-state index in [2.05, 4.69) is 22.9 Å². The summed E-state index contributed by atoms with van der Waals surface area (Å²) < 4.78 is 0. The molecule has 7 nitrogen and oxygen atoms in total. The van der Waals surface area contributed by atoms with E-state index in [4.69, 9.17) is 0 Å². The summed E-state index contributed by atoms with van der Waals surface area (Å²) in [6.07, 6.45) is 1.96. The molecule has 0 aliphatic carbocycles. The molecule has 3 N–H and O–H groups in total. The van der Waals surface area contributed by atoms with E-state index in [-0.39, 0.29) is 24.3 Å². The van der Waals surface area contributed by atoms with Crippen molar-refractivity contribution in [2.45, 2.75) is 19.8 Å². The molecule has 0 fully saturated rings. The monoisotopic (exact) mass is 458 g/mol. The molecule has 0 bridgehead atoms. The Morgan fingerprint density at radius 2 is 1.41 bits per heavy atom. The zero-order chi connectivity index (χ0) is 24.3. The van der Waals surface area contributed by atoms with Gasteiger partial charge in [-0.15, -0.1) is 0 Å². The highest BCUT2D eigenvalue weighted by Gasteiger charge is 2.13. The second-order valence-electron chi connectivity index (χ2n) is 7.87. The van der Waals surface area contributed by atoms with Crippen molar-refractivity contribution in [3.63, 3.8) is 0 Å². The highest BCUT2D eigenvalue weighted by Crippen LogP contribution is 2.17. The maximum absolute atomic E-state index is 12.7.